The van der Waals surface area contributed by atoms with Crippen molar-refractivity contribution in [1.82, 2.24) is 9.88 Å². The Balaban J connectivity index is 1.25. The lowest BCUT2D eigenvalue weighted by Crippen LogP contribution is -2.56. The van der Waals surface area contributed by atoms with Gasteiger partial charge in [0.1, 0.15) is 17.7 Å². The molecule has 1 aromatic heterocycles. The Hall–Kier alpha value is -3.96. The first-order valence-electron chi connectivity index (χ1n) is 14.0. The van der Waals surface area contributed by atoms with E-state index in [9.17, 15) is 19.6 Å². The number of halogens is 1. The van der Waals surface area contributed by atoms with E-state index in [1.807, 2.05) is 41.0 Å². The zero-order valence-electron chi connectivity index (χ0n) is 23.2. The van der Waals surface area contributed by atoms with Crippen LogP contribution in [0.4, 0.5) is 15.9 Å². The molecule has 7 nitrogen and oxygen atoms in total. The fraction of sp³-hybridized carbons (Fsp3) is 0.406. The van der Waals surface area contributed by atoms with Crippen molar-refractivity contribution in [2.75, 3.05) is 49.1 Å². The molecule has 1 amide bonds. The van der Waals surface area contributed by atoms with E-state index >= 15 is 0 Å². The van der Waals surface area contributed by atoms with Crippen molar-refractivity contribution in [3.8, 4) is 6.07 Å². The van der Waals surface area contributed by atoms with Crippen LogP contribution >= 0.6 is 0 Å². The molecule has 0 radical (unpaired) electrons. The second kappa shape index (κ2) is 12.1. The number of nitriles is 1. The van der Waals surface area contributed by atoms with Gasteiger partial charge in [-0.15, -0.1) is 0 Å². The molecule has 0 aliphatic carbocycles. The van der Waals surface area contributed by atoms with Crippen molar-refractivity contribution in [2.45, 2.75) is 39.2 Å². The minimum Gasteiger partial charge on any atom is -0.394 e. The second-order valence-corrected chi connectivity index (χ2v) is 11.0. The van der Waals surface area contributed by atoms with Gasteiger partial charge in [0, 0.05) is 38.3 Å². The summed E-state index contributed by atoms with van der Waals surface area (Å²) in [6.45, 7) is 7.19. The highest BCUT2D eigenvalue weighted by Crippen LogP contribution is 2.30. The van der Waals surface area contributed by atoms with E-state index in [1.54, 1.807) is 6.07 Å². The van der Waals surface area contributed by atoms with Gasteiger partial charge in [0.05, 0.1) is 30.1 Å². The number of amides is 1. The standard InChI is InChI=1S/C32H36FN5O2/c1-22-15-23(2)29(32(40)37-13-14-38(28(20-37)21-39)31-8-7-27(33)19-35-31)17-26(22)16-24-9-11-36(12-10-24)30-6-4-3-5-25(30)18-34/h3-8,15,17,19,24,28,39H,9-14,16,20-21H2,1-2H3/t28-/m0/s1. The molecule has 2 aliphatic rings. The van der Waals surface area contributed by atoms with Crippen molar-refractivity contribution in [3.63, 3.8) is 0 Å². The lowest BCUT2D eigenvalue weighted by molar-refractivity contribution is 0.0698. The second-order valence-electron chi connectivity index (χ2n) is 11.0. The first kappa shape index (κ1) is 27.6. The molecule has 40 heavy (non-hydrogen) atoms. The maximum Gasteiger partial charge on any atom is 0.254 e. The molecule has 0 spiro atoms. The smallest absolute Gasteiger partial charge is 0.254 e. The molecule has 208 valence electrons. The number of benzene rings is 2. The number of anilines is 2. The summed E-state index contributed by atoms with van der Waals surface area (Å²) in [6.07, 6.45) is 4.17. The minimum atomic E-state index is -0.404. The van der Waals surface area contributed by atoms with Crippen LogP contribution in [0.5, 0.6) is 0 Å². The quantitative estimate of drug-likeness (QED) is 0.495. The molecule has 2 aliphatic heterocycles. The fourth-order valence-corrected chi connectivity index (χ4v) is 6.09. The van der Waals surface area contributed by atoms with Crippen LogP contribution in [0.25, 0.3) is 0 Å². The van der Waals surface area contributed by atoms with Crippen LogP contribution in [0.15, 0.2) is 54.7 Å². The molecule has 1 N–H and O–H groups in total. The molecular formula is C32H36FN5O2. The molecular weight excluding hydrogens is 505 g/mol. The molecule has 0 saturated carbocycles. The highest BCUT2D eigenvalue weighted by Gasteiger charge is 2.31. The molecule has 5 rings (SSSR count). The van der Waals surface area contributed by atoms with Gasteiger partial charge in [0.15, 0.2) is 0 Å². The average Bonchev–Trinajstić information content (AvgIpc) is 2.98. The number of aliphatic hydroxyl groups excluding tert-OH is 1. The number of pyridine rings is 1. The van der Waals surface area contributed by atoms with Crippen molar-refractivity contribution >= 4 is 17.4 Å². The van der Waals surface area contributed by atoms with Crippen LogP contribution < -0.4 is 9.80 Å². The normalized spacial score (nSPS) is 18.1. The largest absolute Gasteiger partial charge is 0.394 e. The van der Waals surface area contributed by atoms with Gasteiger partial charge in [-0.05, 0) is 86.1 Å². The summed E-state index contributed by atoms with van der Waals surface area (Å²) in [5.41, 5.74) is 5.81. The van der Waals surface area contributed by atoms with E-state index < -0.39 is 5.82 Å². The number of aryl methyl sites for hydroxylation is 2. The Morgan fingerprint density at radius 3 is 2.55 bits per heavy atom. The van der Waals surface area contributed by atoms with Gasteiger partial charge in [-0.25, -0.2) is 9.37 Å². The van der Waals surface area contributed by atoms with Crippen LogP contribution in [0, 0.1) is 36.9 Å². The first-order chi connectivity index (χ1) is 19.4. The van der Waals surface area contributed by atoms with E-state index in [2.05, 4.69) is 35.0 Å². The molecule has 0 unspecified atom stereocenters. The highest BCUT2D eigenvalue weighted by atomic mass is 19.1. The molecule has 2 aromatic carbocycles. The molecule has 1 atom stereocenters. The number of aromatic nitrogens is 1. The molecule has 0 bridgehead atoms. The summed E-state index contributed by atoms with van der Waals surface area (Å²) in [4.78, 5) is 23.9. The van der Waals surface area contributed by atoms with E-state index in [-0.39, 0.29) is 18.6 Å². The number of hydrogen-bond donors (Lipinski definition) is 1. The lowest BCUT2D eigenvalue weighted by Gasteiger charge is -2.41. The van der Waals surface area contributed by atoms with Gasteiger partial charge in [-0.1, -0.05) is 18.2 Å². The predicted molar refractivity (Wildman–Crippen MR) is 154 cm³/mol. The Bertz CT molecular complexity index is 1400. The monoisotopic (exact) mass is 541 g/mol. The number of carbonyl (C=O) groups excluding carboxylic acids is 1. The first-order valence-corrected chi connectivity index (χ1v) is 14.0. The fourth-order valence-electron chi connectivity index (χ4n) is 6.09. The van der Waals surface area contributed by atoms with Crippen molar-refractivity contribution in [1.29, 1.82) is 5.26 Å². The summed E-state index contributed by atoms with van der Waals surface area (Å²) in [5, 5.41) is 19.6. The summed E-state index contributed by atoms with van der Waals surface area (Å²) >= 11 is 0. The van der Waals surface area contributed by atoms with Crippen LogP contribution in [0.2, 0.25) is 0 Å². The van der Waals surface area contributed by atoms with E-state index in [4.69, 9.17) is 0 Å². The number of rotatable bonds is 6. The van der Waals surface area contributed by atoms with Crippen LogP contribution in [-0.4, -0.2) is 66.3 Å². The number of aliphatic hydroxyl groups is 1. The van der Waals surface area contributed by atoms with Gasteiger partial charge >= 0.3 is 0 Å². The topological polar surface area (TPSA) is 83.7 Å². The maximum atomic E-state index is 13.7. The number of carbonyl (C=O) groups is 1. The predicted octanol–water partition coefficient (Wildman–Crippen LogP) is 4.49. The van der Waals surface area contributed by atoms with Crippen molar-refractivity contribution in [3.05, 3.63) is 88.4 Å². The van der Waals surface area contributed by atoms with E-state index in [0.29, 0.717) is 36.9 Å². The summed E-state index contributed by atoms with van der Waals surface area (Å²) < 4.78 is 13.4. The SMILES string of the molecule is Cc1cc(C)c(C(=O)N2CCN(c3ccc(F)cn3)[C@H](CO)C2)cc1CC1CCN(c2ccccc2C#N)CC1. The van der Waals surface area contributed by atoms with Gasteiger partial charge in [-0.3, -0.25) is 4.79 Å². The van der Waals surface area contributed by atoms with Gasteiger partial charge in [0.25, 0.3) is 5.91 Å². The van der Waals surface area contributed by atoms with Gasteiger partial charge < -0.3 is 19.8 Å². The number of piperazine rings is 1. The van der Waals surface area contributed by atoms with Crippen LogP contribution in [-0.2, 0) is 6.42 Å². The number of para-hydroxylation sites is 1. The van der Waals surface area contributed by atoms with Crippen molar-refractivity contribution in [2.24, 2.45) is 5.92 Å². The Labute approximate surface area is 235 Å². The van der Waals surface area contributed by atoms with Crippen molar-refractivity contribution < 1.29 is 14.3 Å². The Morgan fingerprint density at radius 1 is 1.07 bits per heavy atom. The highest BCUT2D eigenvalue weighted by molar-refractivity contribution is 5.96. The number of nitrogens with zero attached hydrogens (tertiary/aromatic N) is 5. The number of hydrogen-bond acceptors (Lipinski definition) is 6. The third kappa shape index (κ3) is 5.80. The van der Waals surface area contributed by atoms with Crippen LogP contribution in [0.1, 0.15) is 45.5 Å². The van der Waals surface area contributed by atoms with Crippen LogP contribution in [0.3, 0.4) is 0 Å². The molecule has 3 aromatic rings. The van der Waals surface area contributed by atoms with E-state index in [1.165, 1.54) is 23.4 Å². The molecule has 2 saturated heterocycles. The summed E-state index contributed by atoms with van der Waals surface area (Å²) in [7, 11) is 0. The Kier molecular flexibility index (Phi) is 8.32. The van der Waals surface area contributed by atoms with Gasteiger partial charge in [-0.2, -0.15) is 5.26 Å². The summed E-state index contributed by atoms with van der Waals surface area (Å²) in [5.74, 6) is 0.689. The Morgan fingerprint density at radius 2 is 1.85 bits per heavy atom. The third-order valence-corrected chi connectivity index (χ3v) is 8.39. The lowest BCUT2D eigenvalue weighted by atomic mass is 9.86. The number of piperidine rings is 1. The van der Waals surface area contributed by atoms with Gasteiger partial charge in [0.2, 0.25) is 0 Å². The zero-order chi connectivity index (χ0) is 28.2. The molecule has 2 fully saturated rings. The third-order valence-electron chi connectivity index (χ3n) is 8.39. The van der Waals surface area contributed by atoms with E-state index in [0.717, 1.165) is 49.2 Å². The minimum absolute atomic E-state index is 0.0214. The molecule has 8 heteroatoms. The average molecular weight is 542 g/mol. The molecule has 3 heterocycles. The summed E-state index contributed by atoms with van der Waals surface area (Å²) in [6, 6.07) is 16.9. The zero-order valence-corrected chi connectivity index (χ0v) is 23.2. The maximum absolute atomic E-state index is 13.7.